The van der Waals surface area contributed by atoms with Gasteiger partial charge in [-0.05, 0) is 30.7 Å². The van der Waals surface area contributed by atoms with Crippen LogP contribution in [0.1, 0.15) is 11.3 Å². The average Bonchev–Trinajstić information content (AvgIpc) is 2.39. The number of hydrogen-bond acceptors (Lipinski definition) is 3. The highest BCUT2D eigenvalue weighted by Crippen LogP contribution is 2.25. The van der Waals surface area contributed by atoms with Crippen LogP contribution >= 0.6 is 0 Å². The third-order valence-corrected chi connectivity index (χ3v) is 2.43. The van der Waals surface area contributed by atoms with Crippen molar-refractivity contribution in [1.82, 2.24) is 4.98 Å². The second-order valence-corrected chi connectivity index (χ2v) is 3.72. The molecule has 18 heavy (non-hydrogen) atoms. The zero-order chi connectivity index (χ0) is 13.1. The number of nitrogens with one attached hydrogen (secondary N) is 1. The number of aryl methyl sites for hydroxylation is 1. The standard InChI is InChI=1S/C13H9F2N3/c1-8-2-3-11(14)13(12(8)15)18-9-4-5-17-10(6-9)7-16/h2-6H,1H3,(H,17,18). The molecule has 0 unspecified atom stereocenters. The van der Waals surface area contributed by atoms with Crippen LogP contribution in [0.3, 0.4) is 0 Å². The van der Waals surface area contributed by atoms with E-state index in [1.807, 2.05) is 6.07 Å². The van der Waals surface area contributed by atoms with Crippen molar-refractivity contribution in [2.45, 2.75) is 6.92 Å². The van der Waals surface area contributed by atoms with E-state index >= 15 is 0 Å². The van der Waals surface area contributed by atoms with Gasteiger partial charge in [-0.1, -0.05) is 6.07 Å². The zero-order valence-corrected chi connectivity index (χ0v) is 9.54. The highest BCUT2D eigenvalue weighted by molar-refractivity contribution is 5.62. The molecule has 0 amide bonds. The maximum atomic E-state index is 13.7. The molecule has 0 aliphatic rings. The van der Waals surface area contributed by atoms with Crippen LogP contribution in [0.15, 0.2) is 30.5 Å². The summed E-state index contributed by atoms with van der Waals surface area (Å²) in [6.07, 6.45) is 1.40. The van der Waals surface area contributed by atoms with E-state index < -0.39 is 11.6 Å². The summed E-state index contributed by atoms with van der Waals surface area (Å²) in [4.78, 5) is 3.77. The average molecular weight is 245 g/mol. The van der Waals surface area contributed by atoms with Gasteiger partial charge in [0.2, 0.25) is 0 Å². The molecular weight excluding hydrogens is 236 g/mol. The number of benzene rings is 1. The van der Waals surface area contributed by atoms with Gasteiger partial charge in [-0.15, -0.1) is 0 Å². The maximum absolute atomic E-state index is 13.7. The van der Waals surface area contributed by atoms with E-state index in [0.29, 0.717) is 11.3 Å². The van der Waals surface area contributed by atoms with Crippen molar-refractivity contribution >= 4 is 11.4 Å². The van der Waals surface area contributed by atoms with Gasteiger partial charge in [0, 0.05) is 11.9 Å². The molecule has 0 bridgehead atoms. The molecule has 5 heteroatoms. The van der Waals surface area contributed by atoms with Gasteiger partial charge in [0.15, 0.2) is 5.82 Å². The van der Waals surface area contributed by atoms with E-state index in [2.05, 4.69) is 10.3 Å². The molecule has 1 N–H and O–H groups in total. The van der Waals surface area contributed by atoms with Crippen molar-refractivity contribution in [1.29, 1.82) is 5.26 Å². The number of halogens is 2. The van der Waals surface area contributed by atoms with Crippen LogP contribution in [0.5, 0.6) is 0 Å². The largest absolute Gasteiger partial charge is 0.351 e. The molecule has 0 saturated carbocycles. The molecule has 2 aromatic rings. The predicted molar refractivity (Wildman–Crippen MR) is 63.3 cm³/mol. The first kappa shape index (κ1) is 12.0. The molecule has 0 fully saturated rings. The molecule has 0 radical (unpaired) electrons. The van der Waals surface area contributed by atoms with Crippen LogP contribution in [0, 0.1) is 29.9 Å². The normalized spacial score (nSPS) is 9.89. The molecular formula is C13H9F2N3. The fourth-order valence-corrected chi connectivity index (χ4v) is 1.49. The fourth-order valence-electron chi connectivity index (χ4n) is 1.49. The van der Waals surface area contributed by atoms with E-state index in [4.69, 9.17) is 5.26 Å². The number of nitrogens with zero attached hydrogens (tertiary/aromatic N) is 2. The van der Waals surface area contributed by atoms with E-state index in [1.165, 1.54) is 30.5 Å². The van der Waals surface area contributed by atoms with Crippen LogP contribution in [-0.4, -0.2) is 4.98 Å². The topological polar surface area (TPSA) is 48.7 Å². The van der Waals surface area contributed by atoms with Gasteiger partial charge in [-0.25, -0.2) is 13.8 Å². The number of aromatic nitrogens is 1. The van der Waals surface area contributed by atoms with Gasteiger partial charge >= 0.3 is 0 Å². The molecule has 0 saturated heterocycles. The quantitative estimate of drug-likeness (QED) is 0.883. The fraction of sp³-hybridized carbons (Fsp3) is 0.0769. The van der Waals surface area contributed by atoms with Gasteiger partial charge < -0.3 is 5.32 Å². The van der Waals surface area contributed by atoms with Crippen molar-refractivity contribution in [2.75, 3.05) is 5.32 Å². The third-order valence-electron chi connectivity index (χ3n) is 2.43. The van der Waals surface area contributed by atoms with Crippen molar-refractivity contribution in [3.05, 3.63) is 53.4 Å². The van der Waals surface area contributed by atoms with Gasteiger partial charge in [0.1, 0.15) is 23.3 Å². The Morgan fingerprint density at radius 3 is 2.78 bits per heavy atom. The van der Waals surface area contributed by atoms with E-state index in [9.17, 15) is 8.78 Å². The molecule has 2 rings (SSSR count). The highest BCUT2D eigenvalue weighted by atomic mass is 19.1. The number of nitriles is 1. The van der Waals surface area contributed by atoms with Gasteiger partial charge in [-0.2, -0.15) is 5.26 Å². The molecule has 3 nitrogen and oxygen atoms in total. The molecule has 90 valence electrons. The Morgan fingerprint density at radius 1 is 1.28 bits per heavy atom. The molecule has 1 aromatic heterocycles. The first-order valence-electron chi connectivity index (χ1n) is 5.19. The Bertz CT molecular complexity index is 633. The lowest BCUT2D eigenvalue weighted by atomic mass is 10.2. The monoisotopic (exact) mass is 245 g/mol. The summed E-state index contributed by atoms with van der Waals surface area (Å²) in [6, 6.07) is 7.35. The Balaban J connectivity index is 2.40. The lowest BCUT2D eigenvalue weighted by Gasteiger charge is -2.10. The van der Waals surface area contributed by atoms with Gasteiger partial charge in [-0.3, -0.25) is 0 Å². The molecule has 0 spiro atoms. The minimum atomic E-state index is -0.687. The summed E-state index contributed by atoms with van der Waals surface area (Å²) in [6.45, 7) is 1.55. The van der Waals surface area contributed by atoms with Crippen molar-refractivity contribution in [3.8, 4) is 6.07 Å². The Kier molecular flexibility index (Phi) is 3.20. The summed E-state index contributed by atoms with van der Waals surface area (Å²) < 4.78 is 27.3. The zero-order valence-electron chi connectivity index (χ0n) is 9.54. The first-order chi connectivity index (χ1) is 8.61. The summed E-state index contributed by atoms with van der Waals surface area (Å²) in [5, 5.41) is 11.3. The van der Waals surface area contributed by atoms with E-state index in [0.717, 1.165) is 0 Å². The lowest BCUT2D eigenvalue weighted by molar-refractivity contribution is 0.585. The predicted octanol–water partition coefficient (Wildman–Crippen LogP) is 3.28. The molecule has 1 aromatic carbocycles. The smallest absolute Gasteiger partial charge is 0.152 e. The van der Waals surface area contributed by atoms with E-state index in [-0.39, 0.29) is 11.4 Å². The van der Waals surface area contributed by atoms with Gasteiger partial charge in [0.25, 0.3) is 0 Å². The summed E-state index contributed by atoms with van der Waals surface area (Å²) in [5.74, 6) is -1.33. The summed E-state index contributed by atoms with van der Waals surface area (Å²) >= 11 is 0. The van der Waals surface area contributed by atoms with Crippen LogP contribution in [0.4, 0.5) is 20.2 Å². The minimum Gasteiger partial charge on any atom is -0.351 e. The Hall–Kier alpha value is -2.48. The summed E-state index contributed by atoms with van der Waals surface area (Å²) in [5.41, 5.74) is 0.692. The Labute approximate surface area is 103 Å². The second kappa shape index (κ2) is 4.80. The number of anilines is 2. The van der Waals surface area contributed by atoms with Crippen LogP contribution in [0.25, 0.3) is 0 Å². The van der Waals surface area contributed by atoms with E-state index in [1.54, 1.807) is 6.92 Å². The summed E-state index contributed by atoms with van der Waals surface area (Å²) in [7, 11) is 0. The van der Waals surface area contributed by atoms with Crippen LogP contribution in [0.2, 0.25) is 0 Å². The lowest BCUT2D eigenvalue weighted by Crippen LogP contribution is -2.00. The molecule has 0 aliphatic heterocycles. The van der Waals surface area contributed by atoms with Gasteiger partial charge in [0.05, 0.1) is 0 Å². The number of pyridine rings is 1. The number of rotatable bonds is 2. The van der Waals surface area contributed by atoms with Crippen LogP contribution in [-0.2, 0) is 0 Å². The maximum Gasteiger partial charge on any atom is 0.152 e. The first-order valence-corrected chi connectivity index (χ1v) is 5.19. The molecule has 0 aliphatic carbocycles. The minimum absolute atomic E-state index is 0.175. The highest BCUT2D eigenvalue weighted by Gasteiger charge is 2.11. The van der Waals surface area contributed by atoms with Crippen molar-refractivity contribution < 1.29 is 8.78 Å². The van der Waals surface area contributed by atoms with Crippen LogP contribution < -0.4 is 5.32 Å². The van der Waals surface area contributed by atoms with Crippen molar-refractivity contribution in [3.63, 3.8) is 0 Å². The van der Waals surface area contributed by atoms with Crippen molar-refractivity contribution in [2.24, 2.45) is 0 Å². The third kappa shape index (κ3) is 2.28. The number of hydrogen-bond donors (Lipinski definition) is 1. The molecule has 1 heterocycles. The second-order valence-electron chi connectivity index (χ2n) is 3.72. The molecule has 0 atom stereocenters. The SMILES string of the molecule is Cc1ccc(F)c(Nc2ccnc(C#N)c2)c1F. The Morgan fingerprint density at radius 2 is 2.06 bits per heavy atom.